The van der Waals surface area contributed by atoms with Crippen LogP contribution >= 0.6 is 0 Å². The quantitative estimate of drug-likeness (QED) is 0.575. The van der Waals surface area contributed by atoms with Crippen molar-refractivity contribution in [1.29, 1.82) is 0 Å². The average molecular weight is 484 g/mol. The van der Waals surface area contributed by atoms with E-state index in [2.05, 4.69) is 58.1 Å². The molecule has 2 saturated carbocycles. The highest BCUT2D eigenvalue weighted by Gasteiger charge is 2.46. The predicted octanol–water partition coefficient (Wildman–Crippen LogP) is 3.44. The molecule has 1 atom stereocenters. The fourth-order valence-electron chi connectivity index (χ4n) is 5.65. The van der Waals surface area contributed by atoms with Crippen LogP contribution in [0.5, 0.6) is 0 Å². The van der Waals surface area contributed by atoms with Gasteiger partial charge in [-0.2, -0.15) is 5.10 Å². The Morgan fingerprint density at radius 3 is 2.66 bits per heavy atom. The van der Waals surface area contributed by atoms with Crippen molar-refractivity contribution >= 4 is 23.5 Å². The molecule has 2 aliphatic heterocycles. The number of ether oxygens (including phenoxy) is 2. The van der Waals surface area contributed by atoms with Gasteiger partial charge in [0, 0.05) is 36.4 Å². The summed E-state index contributed by atoms with van der Waals surface area (Å²) in [5.74, 6) is 0.469. The Morgan fingerprint density at radius 1 is 1.23 bits per heavy atom. The lowest BCUT2D eigenvalue weighted by Gasteiger charge is -2.42. The molecule has 2 heterocycles. The highest BCUT2D eigenvalue weighted by molar-refractivity contribution is 6.10. The van der Waals surface area contributed by atoms with Gasteiger partial charge in [0.25, 0.3) is 0 Å². The number of urea groups is 1. The Bertz CT molecular complexity index is 978. The summed E-state index contributed by atoms with van der Waals surface area (Å²) in [5.41, 5.74) is 5.97. The Morgan fingerprint density at radius 2 is 1.97 bits per heavy atom. The Hall–Kier alpha value is -2.81. The molecule has 1 aromatic carbocycles. The van der Waals surface area contributed by atoms with Crippen molar-refractivity contribution in [1.82, 2.24) is 16.1 Å². The highest BCUT2D eigenvalue weighted by atomic mass is 16.6. The minimum absolute atomic E-state index is 0.0648. The second-order valence-electron chi connectivity index (χ2n) is 10.5. The van der Waals surface area contributed by atoms with E-state index in [9.17, 15) is 9.59 Å². The molecule has 9 heteroatoms. The zero-order valence-electron chi connectivity index (χ0n) is 20.8. The number of benzene rings is 1. The van der Waals surface area contributed by atoms with E-state index >= 15 is 0 Å². The van der Waals surface area contributed by atoms with E-state index in [1.807, 2.05) is 0 Å². The van der Waals surface area contributed by atoms with Crippen molar-refractivity contribution in [2.45, 2.75) is 76.5 Å². The van der Waals surface area contributed by atoms with Crippen LogP contribution in [0.1, 0.15) is 63.0 Å². The lowest BCUT2D eigenvalue weighted by atomic mass is 9.72. The lowest BCUT2D eigenvalue weighted by Crippen LogP contribution is -2.52. The molecule has 0 bridgehead atoms. The summed E-state index contributed by atoms with van der Waals surface area (Å²) in [6.45, 7) is 7.43. The molecule has 9 nitrogen and oxygen atoms in total. The molecule has 1 aromatic rings. The van der Waals surface area contributed by atoms with Gasteiger partial charge < -0.3 is 25.0 Å². The maximum atomic E-state index is 12.2. The van der Waals surface area contributed by atoms with Crippen LogP contribution in [0.2, 0.25) is 0 Å². The SMILES string of the molecule is Cc1cc(N2CCOCC2)ccc1C1=NNC(=O)OC12CCC(C[C@H](C)NC(=O)NC1CC1)CC2. The number of carbonyl (C=O) groups excluding carboxylic acids is 2. The third kappa shape index (κ3) is 5.55. The molecule has 1 saturated heterocycles. The fourth-order valence-corrected chi connectivity index (χ4v) is 5.65. The number of morpholine rings is 1. The molecule has 3 N–H and O–H groups in total. The van der Waals surface area contributed by atoms with Gasteiger partial charge in [0.1, 0.15) is 5.71 Å². The molecule has 3 amide bonds. The molecule has 4 aliphatic rings. The Labute approximate surface area is 207 Å². The van der Waals surface area contributed by atoms with Gasteiger partial charge in [0.15, 0.2) is 5.60 Å². The maximum absolute atomic E-state index is 12.2. The largest absolute Gasteiger partial charge is 0.435 e. The summed E-state index contributed by atoms with van der Waals surface area (Å²) in [7, 11) is 0. The van der Waals surface area contributed by atoms with E-state index in [0.717, 1.165) is 88.1 Å². The number of nitrogens with one attached hydrogen (secondary N) is 3. The molecule has 0 aromatic heterocycles. The van der Waals surface area contributed by atoms with E-state index in [1.165, 1.54) is 5.69 Å². The molecule has 35 heavy (non-hydrogen) atoms. The zero-order chi connectivity index (χ0) is 24.4. The zero-order valence-corrected chi connectivity index (χ0v) is 20.8. The highest BCUT2D eigenvalue weighted by Crippen LogP contribution is 2.41. The number of anilines is 1. The first kappa shape index (κ1) is 23.9. The van der Waals surface area contributed by atoms with Crippen molar-refractivity contribution in [2.75, 3.05) is 31.2 Å². The molecule has 1 spiro atoms. The van der Waals surface area contributed by atoms with Crippen LogP contribution in [0.25, 0.3) is 0 Å². The number of aryl methyl sites for hydroxylation is 1. The third-order valence-electron chi connectivity index (χ3n) is 7.71. The molecule has 3 fully saturated rings. The van der Waals surface area contributed by atoms with Crippen LogP contribution in [0, 0.1) is 12.8 Å². The van der Waals surface area contributed by atoms with Gasteiger partial charge in [0.05, 0.1) is 13.2 Å². The van der Waals surface area contributed by atoms with Gasteiger partial charge in [-0.1, -0.05) is 6.07 Å². The minimum atomic E-state index is -0.704. The molecular formula is C26H37N5O4. The van der Waals surface area contributed by atoms with E-state index in [4.69, 9.17) is 9.47 Å². The monoisotopic (exact) mass is 483 g/mol. The van der Waals surface area contributed by atoms with Gasteiger partial charge in [-0.25, -0.2) is 15.0 Å². The molecule has 190 valence electrons. The summed E-state index contributed by atoms with van der Waals surface area (Å²) in [4.78, 5) is 26.6. The third-order valence-corrected chi connectivity index (χ3v) is 7.71. The van der Waals surface area contributed by atoms with E-state index in [-0.39, 0.29) is 12.1 Å². The summed E-state index contributed by atoms with van der Waals surface area (Å²) in [6, 6.07) is 6.83. The maximum Gasteiger partial charge on any atom is 0.428 e. The molecular weight excluding hydrogens is 446 g/mol. The molecule has 0 radical (unpaired) electrons. The molecule has 0 unspecified atom stereocenters. The summed E-state index contributed by atoms with van der Waals surface area (Å²) < 4.78 is 11.4. The van der Waals surface area contributed by atoms with Crippen LogP contribution in [-0.2, 0) is 9.47 Å². The Balaban J connectivity index is 1.25. The first-order chi connectivity index (χ1) is 16.9. The second kappa shape index (κ2) is 10.0. The van der Waals surface area contributed by atoms with Crippen molar-refractivity contribution < 1.29 is 19.1 Å². The van der Waals surface area contributed by atoms with Crippen LogP contribution in [0.3, 0.4) is 0 Å². The fraction of sp³-hybridized carbons (Fsp3) is 0.654. The number of hydrogen-bond donors (Lipinski definition) is 3. The van der Waals surface area contributed by atoms with Gasteiger partial charge in [0.2, 0.25) is 0 Å². The van der Waals surface area contributed by atoms with Crippen molar-refractivity contribution in [3.8, 4) is 0 Å². The predicted molar refractivity (Wildman–Crippen MR) is 134 cm³/mol. The average Bonchev–Trinajstić information content (AvgIpc) is 3.65. The van der Waals surface area contributed by atoms with Crippen LogP contribution in [-0.4, -0.2) is 61.8 Å². The Kier molecular flexibility index (Phi) is 6.86. The lowest BCUT2D eigenvalue weighted by molar-refractivity contribution is 0.0155. The topological polar surface area (TPSA) is 104 Å². The van der Waals surface area contributed by atoms with Crippen LogP contribution in [0.4, 0.5) is 15.3 Å². The van der Waals surface area contributed by atoms with Gasteiger partial charge >= 0.3 is 12.1 Å². The summed E-state index contributed by atoms with van der Waals surface area (Å²) in [6.07, 6.45) is 5.91. The summed E-state index contributed by atoms with van der Waals surface area (Å²) >= 11 is 0. The normalized spacial score (nSPS) is 27.5. The van der Waals surface area contributed by atoms with E-state index in [1.54, 1.807) is 0 Å². The van der Waals surface area contributed by atoms with Gasteiger partial charge in [-0.15, -0.1) is 0 Å². The van der Waals surface area contributed by atoms with E-state index < -0.39 is 11.7 Å². The van der Waals surface area contributed by atoms with Crippen LogP contribution < -0.4 is 21.0 Å². The first-order valence-electron chi connectivity index (χ1n) is 13.0. The van der Waals surface area contributed by atoms with Gasteiger partial charge in [-0.3, -0.25) is 0 Å². The first-order valence-corrected chi connectivity index (χ1v) is 13.0. The van der Waals surface area contributed by atoms with Crippen molar-refractivity contribution in [2.24, 2.45) is 11.0 Å². The van der Waals surface area contributed by atoms with Gasteiger partial charge in [-0.05, 0) is 82.4 Å². The second-order valence-corrected chi connectivity index (χ2v) is 10.5. The standard InChI is InChI=1S/C26H37N5O4/c1-17-15-21(31-11-13-34-14-12-31)5-6-22(17)23-26(35-25(33)30-29-23)9-7-19(8-10-26)16-18(2)27-24(32)28-20-3-4-20/h5-6,15,18-20H,3-4,7-14,16H2,1-2H3,(H,30,33)(H2,27,28,32)/t18-,19?,26?/m0/s1. The number of carbonyl (C=O) groups is 2. The number of nitrogens with zero attached hydrogens (tertiary/aromatic N) is 2. The van der Waals surface area contributed by atoms with E-state index in [0.29, 0.717) is 12.0 Å². The molecule has 5 rings (SSSR count). The smallest absolute Gasteiger partial charge is 0.428 e. The number of rotatable bonds is 6. The molecule has 2 aliphatic carbocycles. The number of hydrogen-bond acceptors (Lipinski definition) is 6. The van der Waals surface area contributed by atoms with Crippen molar-refractivity contribution in [3.05, 3.63) is 29.3 Å². The van der Waals surface area contributed by atoms with Crippen molar-refractivity contribution in [3.63, 3.8) is 0 Å². The minimum Gasteiger partial charge on any atom is -0.435 e. The number of amides is 3. The van der Waals surface area contributed by atoms with Crippen LogP contribution in [0.15, 0.2) is 23.3 Å². The summed E-state index contributed by atoms with van der Waals surface area (Å²) in [5, 5.41) is 10.6. The number of hydrazone groups is 1.